The van der Waals surface area contributed by atoms with E-state index >= 15 is 0 Å². The minimum absolute atomic E-state index is 0.00565. The number of hydrogen-bond donors (Lipinski definition) is 1. The SMILES string of the molecule is CC(C)OCCS(=O)(=O)N(C)C(C)c1ccccc1O. The van der Waals surface area contributed by atoms with Gasteiger partial charge in [-0.2, -0.15) is 4.31 Å². The quantitative estimate of drug-likeness (QED) is 0.838. The minimum Gasteiger partial charge on any atom is -0.508 e. The number of benzene rings is 1. The van der Waals surface area contributed by atoms with Crippen LogP contribution in [0.2, 0.25) is 0 Å². The van der Waals surface area contributed by atoms with Gasteiger partial charge >= 0.3 is 0 Å². The van der Waals surface area contributed by atoms with Crippen molar-refractivity contribution in [3.05, 3.63) is 29.8 Å². The van der Waals surface area contributed by atoms with Crippen molar-refractivity contribution < 1.29 is 18.3 Å². The van der Waals surface area contributed by atoms with E-state index in [2.05, 4.69) is 0 Å². The van der Waals surface area contributed by atoms with Crippen LogP contribution >= 0.6 is 0 Å². The molecular formula is C14H23NO4S. The Kier molecular flexibility index (Phi) is 5.98. The Balaban J connectivity index is 2.78. The normalized spacial score (nSPS) is 13.9. The molecule has 1 rings (SSSR count). The second-order valence-corrected chi connectivity index (χ2v) is 7.13. The zero-order valence-corrected chi connectivity index (χ0v) is 13.2. The molecule has 0 heterocycles. The van der Waals surface area contributed by atoms with Crippen LogP contribution in [0.15, 0.2) is 24.3 Å². The molecule has 1 atom stereocenters. The molecule has 0 aromatic heterocycles. The highest BCUT2D eigenvalue weighted by atomic mass is 32.2. The fourth-order valence-electron chi connectivity index (χ4n) is 1.81. The maximum Gasteiger partial charge on any atom is 0.216 e. The first-order valence-electron chi connectivity index (χ1n) is 6.61. The smallest absolute Gasteiger partial charge is 0.216 e. The third-order valence-corrected chi connectivity index (χ3v) is 5.04. The van der Waals surface area contributed by atoms with Crippen molar-refractivity contribution in [1.29, 1.82) is 0 Å². The van der Waals surface area contributed by atoms with E-state index in [9.17, 15) is 13.5 Å². The Labute approximate surface area is 121 Å². The van der Waals surface area contributed by atoms with E-state index in [4.69, 9.17) is 4.74 Å². The molecule has 0 aliphatic carbocycles. The molecule has 0 radical (unpaired) electrons. The summed E-state index contributed by atoms with van der Waals surface area (Å²) in [4.78, 5) is 0. The van der Waals surface area contributed by atoms with Gasteiger partial charge in [0, 0.05) is 12.6 Å². The molecule has 20 heavy (non-hydrogen) atoms. The zero-order valence-electron chi connectivity index (χ0n) is 12.4. The molecule has 0 fully saturated rings. The monoisotopic (exact) mass is 301 g/mol. The van der Waals surface area contributed by atoms with Gasteiger partial charge < -0.3 is 9.84 Å². The van der Waals surface area contributed by atoms with E-state index in [0.717, 1.165) is 0 Å². The van der Waals surface area contributed by atoms with Crippen LogP contribution in [0, 0.1) is 0 Å². The molecule has 1 aromatic rings. The summed E-state index contributed by atoms with van der Waals surface area (Å²) in [5.74, 6) is 0.0278. The van der Waals surface area contributed by atoms with Gasteiger partial charge in [0.1, 0.15) is 5.75 Å². The Morgan fingerprint density at radius 3 is 2.40 bits per heavy atom. The largest absolute Gasteiger partial charge is 0.508 e. The molecule has 1 unspecified atom stereocenters. The van der Waals surface area contributed by atoms with Crippen molar-refractivity contribution in [3.63, 3.8) is 0 Å². The van der Waals surface area contributed by atoms with Crippen LogP contribution in [0.25, 0.3) is 0 Å². The number of hydrogen-bond acceptors (Lipinski definition) is 4. The number of phenols is 1. The summed E-state index contributed by atoms with van der Waals surface area (Å²) in [6, 6.07) is 6.31. The summed E-state index contributed by atoms with van der Waals surface area (Å²) >= 11 is 0. The molecule has 0 saturated heterocycles. The zero-order chi connectivity index (χ0) is 15.3. The highest BCUT2D eigenvalue weighted by molar-refractivity contribution is 7.89. The molecular weight excluding hydrogens is 278 g/mol. The predicted octanol–water partition coefficient (Wildman–Crippen LogP) is 2.14. The standard InChI is InChI=1S/C14H23NO4S/c1-11(2)19-9-10-20(17,18)15(4)12(3)13-7-5-6-8-14(13)16/h5-8,11-12,16H,9-10H2,1-4H3. The molecule has 0 bridgehead atoms. The lowest BCUT2D eigenvalue weighted by Gasteiger charge is -2.25. The average molecular weight is 301 g/mol. The van der Waals surface area contributed by atoms with Crippen molar-refractivity contribution in [2.75, 3.05) is 19.4 Å². The van der Waals surface area contributed by atoms with Crippen LogP contribution in [0.4, 0.5) is 0 Å². The van der Waals surface area contributed by atoms with Gasteiger partial charge in [-0.1, -0.05) is 18.2 Å². The number of phenolic OH excluding ortho intramolecular Hbond substituents is 1. The molecule has 0 aliphatic rings. The van der Waals surface area contributed by atoms with Crippen molar-refractivity contribution in [2.24, 2.45) is 0 Å². The Morgan fingerprint density at radius 1 is 1.25 bits per heavy atom. The van der Waals surface area contributed by atoms with Crippen LogP contribution in [-0.2, 0) is 14.8 Å². The lowest BCUT2D eigenvalue weighted by molar-refractivity contribution is 0.0906. The summed E-state index contributed by atoms with van der Waals surface area (Å²) in [5, 5.41) is 9.80. The molecule has 114 valence electrons. The lowest BCUT2D eigenvalue weighted by atomic mass is 10.1. The maximum absolute atomic E-state index is 12.2. The van der Waals surface area contributed by atoms with Gasteiger partial charge in [-0.05, 0) is 26.8 Å². The number of aromatic hydroxyl groups is 1. The van der Waals surface area contributed by atoms with Gasteiger partial charge in [-0.3, -0.25) is 0 Å². The van der Waals surface area contributed by atoms with Crippen LogP contribution in [0.5, 0.6) is 5.75 Å². The Bertz CT molecular complexity index is 528. The fourth-order valence-corrected chi connectivity index (χ4v) is 3.00. The van der Waals surface area contributed by atoms with Gasteiger partial charge in [0.05, 0.1) is 24.5 Å². The second-order valence-electron chi connectivity index (χ2n) is 4.99. The van der Waals surface area contributed by atoms with E-state index in [1.54, 1.807) is 31.2 Å². The maximum atomic E-state index is 12.2. The van der Waals surface area contributed by atoms with Crippen molar-refractivity contribution >= 4 is 10.0 Å². The average Bonchev–Trinajstić information content (AvgIpc) is 2.37. The fraction of sp³-hybridized carbons (Fsp3) is 0.571. The van der Waals surface area contributed by atoms with Gasteiger partial charge in [-0.15, -0.1) is 0 Å². The highest BCUT2D eigenvalue weighted by Crippen LogP contribution is 2.28. The number of sulfonamides is 1. The van der Waals surface area contributed by atoms with E-state index in [1.165, 1.54) is 11.4 Å². The molecule has 0 amide bonds. The molecule has 5 nitrogen and oxygen atoms in total. The van der Waals surface area contributed by atoms with Gasteiger partial charge in [0.2, 0.25) is 10.0 Å². The first kappa shape index (κ1) is 16.9. The van der Waals surface area contributed by atoms with Gasteiger partial charge in [0.25, 0.3) is 0 Å². The lowest BCUT2D eigenvalue weighted by Crippen LogP contribution is -2.33. The summed E-state index contributed by atoms with van der Waals surface area (Å²) in [5.41, 5.74) is 0.586. The number of para-hydroxylation sites is 1. The van der Waals surface area contributed by atoms with Crippen LogP contribution in [0.3, 0.4) is 0 Å². The summed E-state index contributed by atoms with van der Waals surface area (Å²) < 4.78 is 31.0. The van der Waals surface area contributed by atoms with Gasteiger partial charge in [-0.25, -0.2) is 8.42 Å². The molecule has 6 heteroatoms. The Hall–Kier alpha value is -1.11. The third-order valence-electron chi connectivity index (χ3n) is 3.16. The summed E-state index contributed by atoms with van der Waals surface area (Å²) in [6.07, 6.45) is 0.00565. The van der Waals surface area contributed by atoms with E-state index in [0.29, 0.717) is 5.56 Å². The van der Waals surface area contributed by atoms with Gasteiger partial charge in [0.15, 0.2) is 0 Å². The number of rotatable bonds is 7. The molecule has 1 aromatic carbocycles. The van der Waals surface area contributed by atoms with E-state index in [1.807, 2.05) is 13.8 Å². The highest BCUT2D eigenvalue weighted by Gasteiger charge is 2.25. The van der Waals surface area contributed by atoms with Crippen LogP contribution in [-0.4, -0.2) is 43.3 Å². The molecule has 0 saturated carbocycles. The first-order valence-corrected chi connectivity index (χ1v) is 8.22. The topological polar surface area (TPSA) is 66.8 Å². The van der Waals surface area contributed by atoms with Crippen molar-refractivity contribution in [3.8, 4) is 5.75 Å². The van der Waals surface area contributed by atoms with Crippen LogP contribution in [0.1, 0.15) is 32.4 Å². The summed E-state index contributed by atoms with van der Waals surface area (Å²) in [7, 11) is -1.91. The summed E-state index contributed by atoms with van der Waals surface area (Å²) in [6.45, 7) is 5.63. The second kappa shape index (κ2) is 7.06. The molecule has 1 N–H and O–H groups in total. The number of ether oxygens (including phenoxy) is 1. The molecule has 0 spiro atoms. The molecule has 0 aliphatic heterocycles. The number of nitrogens with zero attached hydrogens (tertiary/aromatic N) is 1. The third kappa shape index (κ3) is 4.47. The van der Waals surface area contributed by atoms with E-state index < -0.39 is 16.1 Å². The first-order chi connectivity index (χ1) is 9.25. The van der Waals surface area contributed by atoms with Crippen molar-refractivity contribution in [1.82, 2.24) is 4.31 Å². The Morgan fingerprint density at radius 2 is 1.85 bits per heavy atom. The minimum atomic E-state index is -3.42. The predicted molar refractivity (Wildman–Crippen MR) is 79.2 cm³/mol. The van der Waals surface area contributed by atoms with Crippen LogP contribution < -0.4 is 0 Å². The van der Waals surface area contributed by atoms with Crippen molar-refractivity contribution in [2.45, 2.75) is 32.9 Å². The van der Waals surface area contributed by atoms with E-state index in [-0.39, 0.29) is 24.2 Å².